The number of hydrogen-bond acceptors (Lipinski definition) is 1. The maximum atomic E-state index is 2.51. The van der Waals surface area contributed by atoms with Crippen LogP contribution >= 0.6 is 11.3 Å². The Hall–Kier alpha value is -1.15. The second-order valence-electron chi connectivity index (χ2n) is 8.23. The summed E-state index contributed by atoms with van der Waals surface area (Å²) in [6.45, 7) is 9.49. The molecule has 0 saturated heterocycles. The van der Waals surface area contributed by atoms with Crippen LogP contribution in [0.25, 0.3) is 26.7 Å². The molecule has 0 amide bonds. The predicted molar refractivity (Wildman–Crippen MR) is 119 cm³/mol. The van der Waals surface area contributed by atoms with Gasteiger partial charge >= 0.3 is 0 Å². The van der Waals surface area contributed by atoms with Crippen LogP contribution in [0.15, 0.2) is 65.6 Å². The van der Waals surface area contributed by atoms with Crippen molar-refractivity contribution < 1.29 is 26.2 Å². The van der Waals surface area contributed by atoms with Crippen molar-refractivity contribution in [1.82, 2.24) is 0 Å². The molecule has 0 fully saturated rings. The zero-order chi connectivity index (χ0) is 18.1. The van der Waals surface area contributed by atoms with E-state index in [4.69, 9.17) is 0 Å². The third-order valence-electron chi connectivity index (χ3n) is 6.18. The normalized spacial score (nSPS) is 18.6. The molecule has 4 aromatic rings. The van der Waals surface area contributed by atoms with E-state index in [-0.39, 0.29) is 26.2 Å². The van der Waals surface area contributed by atoms with E-state index in [1.807, 2.05) is 11.3 Å². The summed E-state index contributed by atoms with van der Waals surface area (Å²) >= 11 is 1.96. The van der Waals surface area contributed by atoms with Gasteiger partial charge in [-0.15, -0.1) is 39.8 Å². The van der Waals surface area contributed by atoms with Gasteiger partial charge in [-0.3, -0.25) is 0 Å². The summed E-state index contributed by atoms with van der Waals surface area (Å²) in [6, 6.07) is 19.8. The molecule has 0 N–H and O–H groups in total. The van der Waals surface area contributed by atoms with Gasteiger partial charge in [0.25, 0.3) is 0 Å². The summed E-state index contributed by atoms with van der Waals surface area (Å²) in [5.41, 5.74) is 5.53. The van der Waals surface area contributed by atoms with Gasteiger partial charge < -0.3 is 0 Å². The van der Waals surface area contributed by atoms with Crippen LogP contribution in [0, 0.1) is 6.92 Å². The molecule has 1 aliphatic carbocycles. The zero-order valence-corrected chi connectivity index (χ0v) is 20.5. The van der Waals surface area contributed by atoms with Crippen LogP contribution in [-0.4, -0.2) is 8.07 Å². The van der Waals surface area contributed by atoms with Crippen molar-refractivity contribution in [2.45, 2.75) is 32.5 Å². The van der Waals surface area contributed by atoms with Crippen LogP contribution in [0.3, 0.4) is 0 Å². The molecular weight excluding hydrogens is 440 g/mol. The SMILES string of the molecule is CC1=C2c3ccsc3C1[Si]2(C)C.Cc1cc2c(ccc3ccccc32)[cH-]1.[Zr]. The summed E-state index contributed by atoms with van der Waals surface area (Å²) in [6.07, 6.45) is 0. The van der Waals surface area contributed by atoms with E-state index in [2.05, 4.69) is 86.9 Å². The Kier molecular flexibility index (Phi) is 4.78. The van der Waals surface area contributed by atoms with Crippen LogP contribution in [0.1, 0.15) is 28.5 Å². The minimum absolute atomic E-state index is 0. The Bertz CT molecular complexity index is 1190. The smallest absolute Gasteiger partial charge is 0.0941 e. The second kappa shape index (κ2) is 6.72. The van der Waals surface area contributed by atoms with Crippen molar-refractivity contribution in [1.29, 1.82) is 0 Å². The molecular formula is C24H23SSiZr-. The van der Waals surface area contributed by atoms with Gasteiger partial charge in [0, 0.05) is 36.6 Å². The van der Waals surface area contributed by atoms with Crippen molar-refractivity contribution in [3.05, 3.63) is 81.6 Å². The van der Waals surface area contributed by atoms with Crippen LogP contribution in [0.5, 0.6) is 0 Å². The standard InChI is InChI=1S/C14H11.C10H12SSi.Zr/c1-10-8-12-7-6-11-4-2-3-5-13(11)14(12)9-10;1-6-9-7-4-5-11-8(7)10(6)12(9,2)3;/h2-9H,1H3;4-5,10H,1-3H3;/q-1;;. The number of allylic oxidation sites excluding steroid dienone is 1. The minimum Gasteiger partial charge on any atom is -0.165 e. The third-order valence-corrected chi connectivity index (χ3v) is 11.5. The molecule has 0 spiro atoms. The number of thiophene rings is 1. The molecule has 27 heavy (non-hydrogen) atoms. The van der Waals surface area contributed by atoms with Gasteiger partial charge in [0.1, 0.15) is 0 Å². The monoisotopic (exact) mass is 461 g/mol. The van der Waals surface area contributed by atoms with E-state index in [0.717, 1.165) is 5.54 Å². The average molecular weight is 463 g/mol. The van der Waals surface area contributed by atoms with E-state index in [0.29, 0.717) is 0 Å². The molecule has 0 saturated carbocycles. The molecule has 2 aliphatic heterocycles. The third kappa shape index (κ3) is 2.74. The fourth-order valence-corrected chi connectivity index (χ4v) is 11.5. The van der Waals surface area contributed by atoms with Crippen molar-refractivity contribution in [2.75, 3.05) is 0 Å². The van der Waals surface area contributed by atoms with Crippen LogP contribution in [0.2, 0.25) is 13.1 Å². The van der Waals surface area contributed by atoms with E-state index in [9.17, 15) is 0 Å². The van der Waals surface area contributed by atoms with E-state index < -0.39 is 8.07 Å². The first-order valence-corrected chi connectivity index (χ1v) is 13.3. The molecule has 3 heterocycles. The molecule has 1 unspecified atom stereocenters. The second-order valence-corrected chi connectivity index (χ2v) is 13.7. The Morgan fingerprint density at radius 2 is 1.74 bits per heavy atom. The Labute approximate surface area is 185 Å². The molecule has 0 nitrogen and oxygen atoms in total. The molecule has 3 aliphatic rings. The number of rotatable bonds is 0. The number of hydrogen-bond donors (Lipinski definition) is 0. The van der Waals surface area contributed by atoms with E-state index in [1.165, 1.54) is 27.1 Å². The molecule has 7 rings (SSSR count). The molecule has 3 aromatic carbocycles. The fraction of sp³-hybridized carbons (Fsp3) is 0.208. The van der Waals surface area contributed by atoms with E-state index >= 15 is 0 Å². The van der Waals surface area contributed by atoms with Crippen molar-refractivity contribution in [3.63, 3.8) is 0 Å². The summed E-state index contributed by atoms with van der Waals surface area (Å²) in [5.74, 6) is 0. The number of fused-ring (bicyclic) bond motifs is 3. The molecule has 2 bridgehead atoms. The molecule has 1 atom stereocenters. The predicted octanol–water partition coefficient (Wildman–Crippen LogP) is 7.44. The molecule has 0 radical (unpaired) electrons. The quantitative estimate of drug-likeness (QED) is 0.188. The fourth-order valence-electron chi connectivity index (χ4n) is 5.21. The van der Waals surface area contributed by atoms with Crippen molar-refractivity contribution >= 4 is 46.2 Å². The van der Waals surface area contributed by atoms with Gasteiger partial charge in [-0.1, -0.05) is 66.5 Å². The summed E-state index contributed by atoms with van der Waals surface area (Å²) < 4.78 is 0. The van der Waals surface area contributed by atoms with Gasteiger partial charge in [-0.25, -0.2) is 0 Å². The maximum absolute atomic E-state index is 2.51. The van der Waals surface area contributed by atoms with Gasteiger partial charge in [-0.05, 0) is 29.3 Å². The van der Waals surface area contributed by atoms with Crippen LogP contribution in [-0.2, 0) is 26.2 Å². The first-order valence-electron chi connectivity index (χ1n) is 9.32. The number of benzene rings is 2. The van der Waals surface area contributed by atoms with Crippen LogP contribution in [0.4, 0.5) is 0 Å². The summed E-state index contributed by atoms with van der Waals surface area (Å²) in [7, 11) is -0.972. The Morgan fingerprint density at radius 1 is 0.963 bits per heavy atom. The van der Waals surface area contributed by atoms with Gasteiger partial charge in [-0.2, -0.15) is 6.07 Å². The first-order chi connectivity index (χ1) is 12.5. The molecule has 1 aromatic heterocycles. The van der Waals surface area contributed by atoms with Crippen molar-refractivity contribution in [2.24, 2.45) is 0 Å². The number of aryl methyl sites for hydroxylation is 1. The maximum Gasteiger partial charge on any atom is 0.0941 e. The summed E-state index contributed by atoms with van der Waals surface area (Å²) in [4.78, 5) is 1.68. The first kappa shape index (κ1) is 19.2. The topological polar surface area (TPSA) is 0 Å². The Balaban J connectivity index is 0.000000130. The van der Waals surface area contributed by atoms with Gasteiger partial charge in [0.2, 0.25) is 0 Å². The van der Waals surface area contributed by atoms with Crippen LogP contribution < -0.4 is 0 Å². The molecule has 3 heteroatoms. The molecule has 134 valence electrons. The Morgan fingerprint density at radius 3 is 2.48 bits per heavy atom. The van der Waals surface area contributed by atoms with Gasteiger partial charge in [0.15, 0.2) is 0 Å². The van der Waals surface area contributed by atoms with Crippen molar-refractivity contribution in [3.8, 4) is 0 Å². The summed E-state index contributed by atoms with van der Waals surface area (Å²) in [5, 5.41) is 9.42. The largest absolute Gasteiger partial charge is 0.165 e. The minimum atomic E-state index is -0.972. The van der Waals surface area contributed by atoms with E-state index in [1.54, 1.807) is 21.2 Å². The zero-order valence-electron chi connectivity index (χ0n) is 16.3. The average Bonchev–Trinajstić information content (AvgIpc) is 3.31. The van der Waals surface area contributed by atoms with Gasteiger partial charge in [0.05, 0.1) is 8.07 Å².